The van der Waals surface area contributed by atoms with E-state index in [-0.39, 0.29) is 11.4 Å². The van der Waals surface area contributed by atoms with Gasteiger partial charge < -0.3 is 14.2 Å². The van der Waals surface area contributed by atoms with Gasteiger partial charge in [-0.25, -0.2) is 0 Å². The Kier molecular flexibility index (Phi) is 3.64. The lowest BCUT2D eigenvalue weighted by atomic mass is 9.51. The van der Waals surface area contributed by atoms with Crippen molar-refractivity contribution < 1.29 is 14.2 Å². The van der Waals surface area contributed by atoms with E-state index in [1.807, 2.05) is 5.57 Å². The van der Waals surface area contributed by atoms with E-state index in [0.717, 1.165) is 56.8 Å². The van der Waals surface area contributed by atoms with Crippen LogP contribution in [0.2, 0.25) is 0 Å². The van der Waals surface area contributed by atoms with Crippen LogP contribution in [0.3, 0.4) is 0 Å². The first-order chi connectivity index (χ1) is 13.1. The van der Waals surface area contributed by atoms with Crippen molar-refractivity contribution >= 4 is 0 Å². The van der Waals surface area contributed by atoms with Crippen molar-refractivity contribution in [3.8, 4) is 0 Å². The lowest BCUT2D eigenvalue weighted by Crippen LogP contribution is -2.52. The van der Waals surface area contributed by atoms with Crippen LogP contribution in [-0.4, -0.2) is 31.2 Å². The molecule has 4 fully saturated rings. The molecule has 3 nitrogen and oxygen atoms in total. The van der Waals surface area contributed by atoms with Crippen LogP contribution in [0, 0.1) is 23.2 Å². The third-order valence-corrected chi connectivity index (χ3v) is 9.63. The standard InChI is InChI=1S/C24H34O3/c1-16-8-12-27-24(16)11-7-21-20-4-3-17-15-23(25-13-14-26-23)10-6-18(17)19(20)5-9-22(21,24)2/h19-21H,1,3-15H2,2H3/t19?,20-,21+,22+,24-/m1/s1. The van der Waals surface area contributed by atoms with Crippen molar-refractivity contribution in [2.45, 2.75) is 82.5 Å². The Morgan fingerprint density at radius 1 is 0.889 bits per heavy atom. The highest BCUT2D eigenvalue weighted by molar-refractivity contribution is 5.32. The minimum Gasteiger partial charge on any atom is -0.370 e. The van der Waals surface area contributed by atoms with Gasteiger partial charge in [0.15, 0.2) is 5.79 Å². The number of hydrogen-bond acceptors (Lipinski definition) is 3. The SMILES string of the molecule is C=C1CCO[C@]12CC[C@H]1[C@@H]3CCC4=C(CCC5(C4)OCCO5)C3CC[C@@]12C. The summed E-state index contributed by atoms with van der Waals surface area (Å²) in [5, 5.41) is 0. The van der Waals surface area contributed by atoms with Crippen LogP contribution in [0.4, 0.5) is 0 Å². The fourth-order valence-electron chi connectivity index (χ4n) is 8.40. The molecule has 3 heteroatoms. The van der Waals surface area contributed by atoms with Gasteiger partial charge >= 0.3 is 0 Å². The lowest BCUT2D eigenvalue weighted by molar-refractivity contribution is -0.166. The van der Waals surface area contributed by atoms with Crippen LogP contribution < -0.4 is 0 Å². The van der Waals surface area contributed by atoms with E-state index in [0.29, 0.717) is 5.41 Å². The second kappa shape index (κ2) is 5.70. The average molecular weight is 371 g/mol. The molecule has 2 spiro atoms. The maximum Gasteiger partial charge on any atom is 0.172 e. The highest BCUT2D eigenvalue weighted by Gasteiger charge is 2.65. The number of allylic oxidation sites excluding steroid dienone is 1. The molecule has 0 aromatic heterocycles. The normalized spacial score (nSPS) is 48.2. The molecule has 0 bridgehead atoms. The van der Waals surface area contributed by atoms with Gasteiger partial charge in [0.2, 0.25) is 0 Å². The van der Waals surface area contributed by atoms with E-state index in [4.69, 9.17) is 14.2 Å². The summed E-state index contributed by atoms with van der Waals surface area (Å²) in [6.07, 6.45) is 12.2. The minimum absolute atomic E-state index is 0.000550. The summed E-state index contributed by atoms with van der Waals surface area (Å²) in [5.74, 6) is 2.23. The van der Waals surface area contributed by atoms with Gasteiger partial charge in [-0.15, -0.1) is 0 Å². The van der Waals surface area contributed by atoms with Gasteiger partial charge in [0.25, 0.3) is 0 Å². The van der Waals surface area contributed by atoms with Gasteiger partial charge in [-0.2, -0.15) is 0 Å². The summed E-state index contributed by atoms with van der Waals surface area (Å²) in [6.45, 7) is 9.48. The van der Waals surface area contributed by atoms with E-state index in [9.17, 15) is 0 Å². The first-order valence-electron chi connectivity index (χ1n) is 11.4. The molecule has 4 aliphatic carbocycles. The summed E-state index contributed by atoms with van der Waals surface area (Å²) in [6, 6.07) is 0. The van der Waals surface area contributed by atoms with Crippen LogP contribution in [0.25, 0.3) is 0 Å². The summed E-state index contributed by atoms with van der Waals surface area (Å²) < 4.78 is 18.6. The van der Waals surface area contributed by atoms with E-state index in [2.05, 4.69) is 13.5 Å². The Labute approximate surface area is 163 Å². The quantitative estimate of drug-likeness (QED) is 0.551. The third kappa shape index (κ3) is 2.14. The molecule has 2 saturated heterocycles. The first-order valence-corrected chi connectivity index (χ1v) is 11.4. The summed E-state index contributed by atoms with van der Waals surface area (Å²) in [5.41, 5.74) is 5.22. The molecule has 1 unspecified atom stereocenters. The van der Waals surface area contributed by atoms with E-state index in [1.165, 1.54) is 50.5 Å². The van der Waals surface area contributed by atoms with Crippen LogP contribution in [-0.2, 0) is 14.2 Å². The topological polar surface area (TPSA) is 27.7 Å². The average Bonchev–Trinajstić information content (AvgIpc) is 3.35. The second-order valence-corrected chi connectivity index (χ2v) is 10.4. The van der Waals surface area contributed by atoms with E-state index < -0.39 is 0 Å². The van der Waals surface area contributed by atoms with E-state index >= 15 is 0 Å². The van der Waals surface area contributed by atoms with Gasteiger partial charge in [0.1, 0.15) is 0 Å². The molecule has 2 saturated carbocycles. The van der Waals surface area contributed by atoms with Gasteiger partial charge in [-0.3, -0.25) is 0 Å². The number of hydrogen-bond donors (Lipinski definition) is 0. The Hall–Kier alpha value is -0.640. The number of rotatable bonds is 0. The predicted molar refractivity (Wildman–Crippen MR) is 104 cm³/mol. The Morgan fingerprint density at radius 2 is 1.74 bits per heavy atom. The molecule has 0 N–H and O–H groups in total. The second-order valence-electron chi connectivity index (χ2n) is 10.4. The monoisotopic (exact) mass is 370 g/mol. The first kappa shape index (κ1) is 17.2. The maximum absolute atomic E-state index is 6.49. The van der Waals surface area contributed by atoms with E-state index in [1.54, 1.807) is 5.57 Å². The van der Waals surface area contributed by atoms with Crippen molar-refractivity contribution in [3.05, 3.63) is 23.3 Å². The largest absolute Gasteiger partial charge is 0.370 e. The predicted octanol–water partition coefficient (Wildman–Crippen LogP) is 5.16. The molecule has 6 aliphatic rings. The third-order valence-electron chi connectivity index (χ3n) is 9.63. The molecule has 148 valence electrons. The lowest BCUT2D eigenvalue weighted by Gasteiger charge is -2.55. The molecule has 27 heavy (non-hydrogen) atoms. The van der Waals surface area contributed by atoms with Crippen molar-refractivity contribution in [1.29, 1.82) is 0 Å². The summed E-state index contributed by atoms with van der Waals surface area (Å²) in [4.78, 5) is 0. The molecule has 0 amide bonds. The van der Waals surface area contributed by atoms with Gasteiger partial charge in [-0.1, -0.05) is 24.6 Å². The molecule has 5 atom stereocenters. The zero-order valence-corrected chi connectivity index (χ0v) is 16.9. The molecule has 0 aromatic carbocycles. The van der Waals surface area contributed by atoms with Crippen LogP contribution >= 0.6 is 0 Å². The van der Waals surface area contributed by atoms with Crippen LogP contribution in [0.1, 0.15) is 71.1 Å². The summed E-state index contributed by atoms with van der Waals surface area (Å²) >= 11 is 0. The van der Waals surface area contributed by atoms with Crippen molar-refractivity contribution in [3.63, 3.8) is 0 Å². The Morgan fingerprint density at radius 3 is 2.52 bits per heavy atom. The van der Waals surface area contributed by atoms with Crippen molar-refractivity contribution in [1.82, 2.24) is 0 Å². The van der Waals surface area contributed by atoms with Crippen LogP contribution in [0.15, 0.2) is 23.3 Å². The highest BCUT2D eigenvalue weighted by atomic mass is 16.7. The van der Waals surface area contributed by atoms with Gasteiger partial charge in [0.05, 0.1) is 25.4 Å². The van der Waals surface area contributed by atoms with Crippen LogP contribution in [0.5, 0.6) is 0 Å². The fraction of sp³-hybridized carbons (Fsp3) is 0.833. The molecular weight excluding hydrogens is 336 g/mol. The Balaban J connectivity index is 1.30. The number of ether oxygens (including phenoxy) is 3. The highest BCUT2D eigenvalue weighted by Crippen LogP contribution is 2.68. The Bertz CT molecular complexity index is 702. The van der Waals surface area contributed by atoms with Gasteiger partial charge in [-0.05, 0) is 74.7 Å². The summed E-state index contributed by atoms with van der Waals surface area (Å²) in [7, 11) is 0. The molecule has 6 rings (SSSR count). The molecule has 2 heterocycles. The molecule has 2 aliphatic heterocycles. The van der Waals surface area contributed by atoms with Crippen molar-refractivity contribution in [2.24, 2.45) is 23.2 Å². The smallest absolute Gasteiger partial charge is 0.172 e. The zero-order valence-electron chi connectivity index (χ0n) is 16.9. The minimum atomic E-state index is -0.262. The molecule has 0 aromatic rings. The molecule has 0 radical (unpaired) electrons. The molecular formula is C24H34O3. The zero-order chi connectivity index (χ0) is 18.3. The maximum atomic E-state index is 6.49. The van der Waals surface area contributed by atoms with Crippen molar-refractivity contribution in [2.75, 3.05) is 19.8 Å². The fourth-order valence-corrected chi connectivity index (χ4v) is 8.40. The van der Waals surface area contributed by atoms with Gasteiger partial charge in [0, 0.05) is 18.3 Å². The number of fused-ring (bicyclic) bond motifs is 5.